The Balaban J connectivity index is 2.31. The molecule has 14 heavy (non-hydrogen) atoms. The van der Waals surface area contributed by atoms with Crippen molar-refractivity contribution < 1.29 is 9.47 Å². The third-order valence-corrected chi connectivity index (χ3v) is 2.34. The average molecular weight is 193 g/mol. The van der Waals surface area contributed by atoms with Gasteiger partial charge in [0.1, 0.15) is 17.6 Å². The molecule has 0 aromatic heterocycles. The highest BCUT2D eigenvalue weighted by atomic mass is 16.5. The van der Waals surface area contributed by atoms with Crippen LogP contribution in [0.1, 0.15) is 12.5 Å². The van der Waals surface area contributed by atoms with Crippen LogP contribution in [-0.4, -0.2) is 19.8 Å². The van der Waals surface area contributed by atoms with Gasteiger partial charge in [0.2, 0.25) is 0 Å². The van der Waals surface area contributed by atoms with Gasteiger partial charge in [-0.05, 0) is 25.1 Å². The van der Waals surface area contributed by atoms with Gasteiger partial charge in [0.15, 0.2) is 0 Å². The fourth-order valence-corrected chi connectivity index (χ4v) is 1.60. The summed E-state index contributed by atoms with van der Waals surface area (Å²) in [5.74, 6) is 1.84. The van der Waals surface area contributed by atoms with Crippen LogP contribution < -0.4 is 14.8 Å². The summed E-state index contributed by atoms with van der Waals surface area (Å²) in [6.45, 7) is 3.79. The molecule has 1 atom stereocenters. The molecule has 1 aromatic carbocycles. The Morgan fingerprint density at radius 2 is 2.36 bits per heavy atom. The van der Waals surface area contributed by atoms with Crippen molar-refractivity contribution in [1.82, 2.24) is 5.32 Å². The quantitative estimate of drug-likeness (QED) is 0.734. The fraction of sp³-hybridized carbons (Fsp3) is 0.455. The van der Waals surface area contributed by atoms with Gasteiger partial charge < -0.3 is 14.8 Å². The smallest absolute Gasteiger partial charge is 0.124 e. The van der Waals surface area contributed by atoms with Gasteiger partial charge in [-0.25, -0.2) is 0 Å². The van der Waals surface area contributed by atoms with Crippen molar-refractivity contribution in [3.8, 4) is 11.5 Å². The highest BCUT2D eigenvalue weighted by molar-refractivity contribution is 5.40. The molecule has 1 N–H and O–H groups in total. The van der Waals surface area contributed by atoms with E-state index < -0.39 is 0 Å². The highest BCUT2D eigenvalue weighted by Gasteiger charge is 2.13. The van der Waals surface area contributed by atoms with Crippen LogP contribution in [-0.2, 0) is 6.54 Å². The number of ether oxygens (including phenoxy) is 2. The molecular formula is C11H15NO2. The predicted molar refractivity (Wildman–Crippen MR) is 54.8 cm³/mol. The fourth-order valence-electron chi connectivity index (χ4n) is 1.60. The van der Waals surface area contributed by atoms with Crippen molar-refractivity contribution in [3.05, 3.63) is 23.8 Å². The van der Waals surface area contributed by atoms with E-state index in [1.807, 2.05) is 18.2 Å². The maximum absolute atomic E-state index is 5.74. The van der Waals surface area contributed by atoms with Gasteiger partial charge in [-0.2, -0.15) is 0 Å². The Labute approximate surface area is 84.0 Å². The van der Waals surface area contributed by atoms with E-state index >= 15 is 0 Å². The van der Waals surface area contributed by atoms with Gasteiger partial charge in [-0.3, -0.25) is 0 Å². The maximum Gasteiger partial charge on any atom is 0.124 e. The largest absolute Gasteiger partial charge is 0.497 e. The Bertz CT molecular complexity index is 325. The van der Waals surface area contributed by atoms with E-state index in [0.717, 1.165) is 30.2 Å². The standard InChI is InChI=1S/C11H15NO2/c1-8-6-12-7-9-5-10(13-2)3-4-11(9)14-8/h3-5,8,12H,6-7H2,1-2H3/t8-/m0/s1. The van der Waals surface area contributed by atoms with Crippen LogP contribution in [0.5, 0.6) is 11.5 Å². The zero-order valence-corrected chi connectivity index (χ0v) is 8.54. The van der Waals surface area contributed by atoms with Crippen molar-refractivity contribution >= 4 is 0 Å². The SMILES string of the molecule is COc1ccc2c(c1)CNC[C@H](C)O2. The van der Waals surface area contributed by atoms with Crippen molar-refractivity contribution in [2.24, 2.45) is 0 Å². The number of rotatable bonds is 1. The van der Waals surface area contributed by atoms with Gasteiger partial charge in [0.05, 0.1) is 7.11 Å². The molecule has 2 rings (SSSR count). The Morgan fingerprint density at radius 1 is 1.50 bits per heavy atom. The van der Waals surface area contributed by atoms with E-state index in [4.69, 9.17) is 9.47 Å². The van der Waals surface area contributed by atoms with Crippen LogP contribution in [0.2, 0.25) is 0 Å². The molecule has 0 unspecified atom stereocenters. The summed E-state index contributed by atoms with van der Waals surface area (Å²) in [6.07, 6.45) is 0.227. The summed E-state index contributed by atoms with van der Waals surface area (Å²) in [5.41, 5.74) is 1.16. The summed E-state index contributed by atoms with van der Waals surface area (Å²) < 4.78 is 10.9. The maximum atomic E-state index is 5.74. The molecule has 76 valence electrons. The molecule has 0 fully saturated rings. The highest BCUT2D eigenvalue weighted by Crippen LogP contribution is 2.26. The average Bonchev–Trinajstić information content (AvgIpc) is 2.37. The number of methoxy groups -OCH3 is 1. The van der Waals surface area contributed by atoms with Crippen LogP contribution in [0, 0.1) is 0 Å². The first-order valence-corrected chi connectivity index (χ1v) is 4.84. The summed E-state index contributed by atoms with van der Waals surface area (Å²) in [6, 6.07) is 5.91. The number of hydrogen-bond acceptors (Lipinski definition) is 3. The summed E-state index contributed by atoms with van der Waals surface area (Å²) in [7, 11) is 1.68. The molecule has 1 aromatic rings. The molecule has 0 saturated heterocycles. The number of nitrogens with one attached hydrogen (secondary N) is 1. The molecule has 1 heterocycles. The minimum Gasteiger partial charge on any atom is -0.497 e. The minimum atomic E-state index is 0.227. The Morgan fingerprint density at radius 3 is 3.14 bits per heavy atom. The molecule has 3 nitrogen and oxygen atoms in total. The first-order valence-electron chi connectivity index (χ1n) is 4.84. The monoisotopic (exact) mass is 193 g/mol. The minimum absolute atomic E-state index is 0.227. The summed E-state index contributed by atoms with van der Waals surface area (Å²) in [5, 5.41) is 3.32. The number of benzene rings is 1. The van der Waals surface area contributed by atoms with E-state index in [9.17, 15) is 0 Å². The van der Waals surface area contributed by atoms with Crippen molar-refractivity contribution in [1.29, 1.82) is 0 Å². The molecule has 0 spiro atoms. The molecule has 3 heteroatoms. The summed E-state index contributed by atoms with van der Waals surface area (Å²) in [4.78, 5) is 0. The third kappa shape index (κ3) is 1.82. The van der Waals surface area contributed by atoms with E-state index in [0.29, 0.717) is 0 Å². The van der Waals surface area contributed by atoms with Crippen LogP contribution in [0.25, 0.3) is 0 Å². The van der Waals surface area contributed by atoms with E-state index in [1.165, 1.54) is 0 Å². The van der Waals surface area contributed by atoms with Crippen LogP contribution >= 0.6 is 0 Å². The lowest BCUT2D eigenvalue weighted by Gasteiger charge is -2.12. The summed E-state index contributed by atoms with van der Waals surface area (Å²) >= 11 is 0. The lowest BCUT2D eigenvalue weighted by atomic mass is 10.2. The lowest BCUT2D eigenvalue weighted by molar-refractivity contribution is 0.226. The Hall–Kier alpha value is -1.22. The number of fused-ring (bicyclic) bond motifs is 1. The molecule has 0 radical (unpaired) electrons. The van der Waals surface area contributed by atoms with Gasteiger partial charge >= 0.3 is 0 Å². The molecule has 1 aliphatic rings. The molecule has 0 aliphatic carbocycles. The van der Waals surface area contributed by atoms with Crippen LogP contribution in [0.15, 0.2) is 18.2 Å². The first kappa shape index (κ1) is 9.34. The Kier molecular flexibility index (Phi) is 2.59. The lowest BCUT2D eigenvalue weighted by Crippen LogP contribution is -2.24. The first-order chi connectivity index (χ1) is 6.79. The van der Waals surface area contributed by atoms with Gasteiger partial charge in [0, 0.05) is 18.7 Å². The second kappa shape index (κ2) is 3.88. The van der Waals surface area contributed by atoms with E-state index in [-0.39, 0.29) is 6.10 Å². The zero-order chi connectivity index (χ0) is 9.97. The molecule has 0 amide bonds. The predicted octanol–water partition coefficient (Wildman–Crippen LogP) is 1.57. The van der Waals surface area contributed by atoms with Crippen molar-refractivity contribution in [2.75, 3.05) is 13.7 Å². The van der Waals surface area contributed by atoms with E-state index in [1.54, 1.807) is 7.11 Å². The van der Waals surface area contributed by atoms with Gasteiger partial charge in [-0.15, -0.1) is 0 Å². The van der Waals surface area contributed by atoms with E-state index in [2.05, 4.69) is 12.2 Å². The zero-order valence-electron chi connectivity index (χ0n) is 8.54. The molecule has 0 saturated carbocycles. The second-order valence-electron chi connectivity index (χ2n) is 3.53. The normalized spacial score (nSPS) is 20.6. The van der Waals surface area contributed by atoms with Crippen LogP contribution in [0.4, 0.5) is 0 Å². The van der Waals surface area contributed by atoms with Crippen molar-refractivity contribution in [2.45, 2.75) is 19.6 Å². The van der Waals surface area contributed by atoms with Gasteiger partial charge in [0.25, 0.3) is 0 Å². The molecular weight excluding hydrogens is 178 g/mol. The molecule has 1 aliphatic heterocycles. The second-order valence-corrected chi connectivity index (χ2v) is 3.53. The topological polar surface area (TPSA) is 30.5 Å². The van der Waals surface area contributed by atoms with Crippen molar-refractivity contribution in [3.63, 3.8) is 0 Å². The number of hydrogen-bond donors (Lipinski definition) is 1. The van der Waals surface area contributed by atoms with Gasteiger partial charge in [-0.1, -0.05) is 0 Å². The third-order valence-electron chi connectivity index (χ3n) is 2.34. The van der Waals surface area contributed by atoms with Crippen LogP contribution in [0.3, 0.4) is 0 Å². The molecule has 0 bridgehead atoms.